The third kappa shape index (κ3) is 17.0. The molecule has 2 rings (SSSR count). The van der Waals surface area contributed by atoms with Crippen molar-refractivity contribution in [3.05, 3.63) is 59.7 Å². The van der Waals surface area contributed by atoms with Crippen LogP contribution in [0.3, 0.4) is 0 Å². The number of hydrazine groups is 1. The number of ether oxygens (including phenoxy) is 3. The fourth-order valence-electron chi connectivity index (χ4n) is 4.23. The molecule has 0 saturated carbocycles. The summed E-state index contributed by atoms with van der Waals surface area (Å²) in [7, 11) is 1.35. The number of benzene rings is 2. The van der Waals surface area contributed by atoms with Crippen molar-refractivity contribution in [2.24, 2.45) is 0 Å². The van der Waals surface area contributed by atoms with Gasteiger partial charge in [-0.15, -0.1) is 0 Å². The summed E-state index contributed by atoms with van der Waals surface area (Å²) < 4.78 is 15.3. The van der Waals surface area contributed by atoms with Gasteiger partial charge in [-0.1, -0.05) is 24.3 Å². The Bertz CT molecular complexity index is 1330. The number of carbonyl (C=O) groups excluding carboxylic acids is 5. The topological polar surface area (TPSA) is 152 Å². The number of anilines is 2. The van der Waals surface area contributed by atoms with Crippen LogP contribution in [0.2, 0.25) is 0 Å². The molecule has 0 radical (unpaired) electrons. The molecule has 47 heavy (non-hydrogen) atoms. The largest absolute Gasteiger partial charge is 0.469 e. The Morgan fingerprint density at radius 2 is 1.11 bits per heavy atom. The highest BCUT2D eigenvalue weighted by Crippen LogP contribution is 2.16. The smallest absolute Gasteiger partial charge is 0.429 e. The van der Waals surface area contributed by atoms with Gasteiger partial charge >= 0.3 is 18.2 Å². The summed E-state index contributed by atoms with van der Waals surface area (Å²) in [6.45, 7) is 10.6. The van der Waals surface area contributed by atoms with E-state index < -0.39 is 23.4 Å². The van der Waals surface area contributed by atoms with Crippen LogP contribution in [-0.4, -0.2) is 59.8 Å². The minimum Gasteiger partial charge on any atom is -0.469 e. The first kappa shape index (κ1) is 38.6. The van der Waals surface area contributed by atoms with Crippen molar-refractivity contribution in [2.75, 3.05) is 24.3 Å². The van der Waals surface area contributed by atoms with E-state index in [2.05, 4.69) is 20.8 Å². The van der Waals surface area contributed by atoms with Gasteiger partial charge in [0.1, 0.15) is 11.2 Å². The van der Waals surface area contributed by atoms with Crippen LogP contribution in [-0.2, 0) is 41.4 Å². The molecule has 3 N–H and O–H groups in total. The lowest BCUT2D eigenvalue weighted by molar-refractivity contribution is -0.140. The summed E-state index contributed by atoms with van der Waals surface area (Å²) in [5, 5.41) is 6.85. The molecule has 0 aliphatic heterocycles. The minimum absolute atomic E-state index is 0.105. The van der Waals surface area contributed by atoms with Crippen LogP contribution in [0.4, 0.5) is 21.0 Å². The number of unbranched alkanes of at least 4 members (excludes halogenated alkanes) is 1. The van der Waals surface area contributed by atoms with Crippen LogP contribution >= 0.6 is 0 Å². The lowest BCUT2D eigenvalue weighted by Crippen LogP contribution is -2.50. The van der Waals surface area contributed by atoms with Gasteiger partial charge < -0.3 is 24.8 Å². The lowest BCUT2D eigenvalue weighted by atomic mass is 10.1. The second-order valence-corrected chi connectivity index (χ2v) is 13.1. The SMILES string of the molecule is COC(=O)CCCCC(=O)Nc1ccc(CCCC(=O)Nc2ccc(CCN(NC(=O)OC(C)(C)C)C(=O)OC(C)(C)C)cc2)cc1. The maximum absolute atomic E-state index is 12.7. The minimum atomic E-state index is -0.760. The van der Waals surface area contributed by atoms with Crippen molar-refractivity contribution in [3.8, 4) is 0 Å². The standard InChI is InChI=1S/C35H50N4O8/c1-34(2,3)46-32(43)38-39(33(44)47-35(4,5)6)24-23-26-17-21-28(22-18-26)37-30(41)13-10-11-25-15-19-27(20-16-25)36-29(40)12-8-9-14-31(42)45-7/h15-22H,8-14,23-24H2,1-7H3,(H,36,40)(H,37,41)(H,38,43). The number of rotatable bonds is 14. The second kappa shape index (κ2) is 18.5. The number of hydrogen-bond acceptors (Lipinski definition) is 8. The molecule has 0 spiro atoms. The van der Waals surface area contributed by atoms with Gasteiger partial charge in [0.2, 0.25) is 11.8 Å². The van der Waals surface area contributed by atoms with E-state index in [1.807, 2.05) is 36.4 Å². The number of amides is 4. The monoisotopic (exact) mass is 654 g/mol. The highest BCUT2D eigenvalue weighted by molar-refractivity contribution is 5.91. The van der Waals surface area contributed by atoms with Gasteiger partial charge in [-0.3, -0.25) is 14.4 Å². The normalized spacial score (nSPS) is 11.2. The molecule has 0 heterocycles. The number of hydrogen-bond donors (Lipinski definition) is 3. The molecule has 0 bridgehead atoms. The third-order valence-electron chi connectivity index (χ3n) is 6.47. The van der Waals surface area contributed by atoms with Gasteiger partial charge in [0.15, 0.2) is 0 Å². The predicted molar refractivity (Wildman–Crippen MR) is 180 cm³/mol. The van der Waals surface area contributed by atoms with E-state index in [-0.39, 0.29) is 24.3 Å². The van der Waals surface area contributed by atoms with Gasteiger partial charge in [0.25, 0.3) is 0 Å². The quantitative estimate of drug-likeness (QED) is 0.0899. The Hall–Kier alpha value is -4.61. The van der Waals surface area contributed by atoms with Crippen LogP contribution in [0, 0.1) is 0 Å². The van der Waals surface area contributed by atoms with Crippen molar-refractivity contribution >= 4 is 41.3 Å². The van der Waals surface area contributed by atoms with Crippen molar-refractivity contribution in [1.82, 2.24) is 10.4 Å². The Morgan fingerprint density at radius 3 is 1.60 bits per heavy atom. The summed E-state index contributed by atoms with van der Waals surface area (Å²) >= 11 is 0. The number of aryl methyl sites for hydroxylation is 1. The van der Waals surface area contributed by atoms with Crippen molar-refractivity contribution in [3.63, 3.8) is 0 Å². The first-order valence-corrected chi connectivity index (χ1v) is 15.9. The first-order chi connectivity index (χ1) is 22.0. The van der Waals surface area contributed by atoms with Gasteiger partial charge in [0.05, 0.1) is 13.7 Å². The molecule has 0 aromatic heterocycles. The van der Waals surface area contributed by atoms with Crippen molar-refractivity contribution in [1.29, 1.82) is 0 Å². The Labute approximate surface area is 277 Å². The number of nitrogens with zero attached hydrogens (tertiary/aromatic N) is 1. The average molecular weight is 655 g/mol. The zero-order valence-electron chi connectivity index (χ0n) is 28.7. The fourth-order valence-corrected chi connectivity index (χ4v) is 4.23. The average Bonchev–Trinajstić information content (AvgIpc) is 2.97. The third-order valence-corrected chi connectivity index (χ3v) is 6.47. The highest BCUT2D eigenvalue weighted by Gasteiger charge is 2.26. The van der Waals surface area contributed by atoms with Gasteiger partial charge in [-0.05, 0) is 109 Å². The molecule has 0 unspecified atom stereocenters. The Morgan fingerprint density at radius 1 is 0.638 bits per heavy atom. The van der Waals surface area contributed by atoms with Crippen molar-refractivity contribution < 1.29 is 38.2 Å². The summed E-state index contributed by atoms with van der Waals surface area (Å²) in [6.07, 6.45) is 2.50. The second-order valence-electron chi connectivity index (χ2n) is 13.1. The summed E-state index contributed by atoms with van der Waals surface area (Å²) in [5.41, 5.74) is 4.29. The summed E-state index contributed by atoms with van der Waals surface area (Å²) in [5.74, 6) is -0.487. The summed E-state index contributed by atoms with van der Waals surface area (Å²) in [6, 6.07) is 14.8. The number of esters is 1. The molecule has 0 aliphatic carbocycles. The molecule has 2 aromatic carbocycles. The zero-order chi connectivity index (χ0) is 35.0. The van der Waals surface area contributed by atoms with Gasteiger partial charge in [-0.25, -0.2) is 20.0 Å². The van der Waals surface area contributed by atoms with Crippen LogP contribution in [0.25, 0.3) is 0 Å². The van der Waals surface area contributed by atoms with Crippen molar-refractivity contribution in [2.45, 2.75) is 104 Å². The Balaban J connectivity index is 1.77. The lowest BCUT2D eigenvalue weighted by Gasteiger charge is -2.28. The molecule has 2 aromatic rings. The zero-order valence-corrected chi connectivity index (χ0v) is 28.7. The van der Waals surface area contributed by atoms with Crippen LogP contribution in [0.15, 0.2) is 48.5 Å². The molecule has 258 valence electrons. The maximum Gasteiger partial charge on any atom is 0.429 e. The molecular formula is C35H50N4O8. The van der Waals surface area contributed by atoms with E-state index in [1.54, 1.807) is 53.7 Å². The first-order valence-electron chi connectivity index (χ1n) is 15.9. The molecule has 0 fully saturated rings. The molecule has 0 aliphatic rings. The van der Waals surface area contributed by atoms with E-state index in [1.165, 1.54) is 7.11 Å². The highest BCUT2D eigenvalue weighted by atomic mass is 16.6. The van der Waals surface area contributed by atoms with E-state index in [0.717, 1.165) is 16.1 Å². The molecule has 12 heteroatoms. The van der Waals surface area contributed by atoms with E-state index in [9.17, 15) is 24.0 Å². The van der Waals surface area contributed by atoms with E-state index >= 15 is 0 Å². The van der Waals surface area contributed by atoms with E-state index in [4.69, 9.17) is 9.47 Å². The predicted octanol–water partition coefficient (Wildman–Crippen LogP) is 6.54. The number of carbonyl (C=O) groups is 5. The Kier molecular flexibility index (Phi) is 15.2. The number of methoxy groups -OCH3 is 1. The molecule has 0 saturated heterocycles. The van der Waals surface area contributed by atoms with Gasteiger partial charge in [0, 0.05) is 30.6 Å². The molecule has 0 atom stereocenters. The van der Waals surface area contributed by atoms with Crippen LogP contribution < -0.4 is 16.1 Å². The maximum atomic E-state index is 12.7. The number of nitrogens with one attached hydrogen (secondary N) is 3. The molecule has 4 amide bonds. The van der Waals surface area contributed by atoms with Crippen LogP contribution in [0.5, 0.6) is 0 Å². The fraction of sp³-hybridized carbons (Fsp3) is 0.514. The van der Waals surface area contributed by atoms with E-state index in [0.29, 0.717) is 62.7 Å². The summed E-state index contributed by atoms with van der Waals surface area (Å²) in [4.78, 5) is 60.8. The molecular weight excluding hydrogens is 604 g/mol. The van der Waals surface area contributed by atoms with Gasteiger partial charge in [-0.2, -0.15) is 0 Å². The van der Waals surface area contributed by atoms with Crippen LogP contribution in [0.1, 0.15) is 91.2 Å². The molecule has 12 nitrogen and oxygen atoms in total.